The fraction of sp³-hybridized carbons (Fsp3) is 0.312. The molecule has 3 nitrogen and oxygen atoms in total. The van der Waals surface area contributed by atoms with E-state index in [0.717, 1.165) is 34.5 Å². The molecule has 1 atom stereocenters. The maximum absolute atomic E-state index is 12.3. The van der Waals surface area contributed by atoms with E-state index < -0.39 is 6.04 Å². The number of rotatable bonds is 5. The van der Waals surface area contributed by atoms with Crippen LogP contribution in [0.3, 0.4) is 0 Å². The van der Waals surface area contributed by atoms with Gasteiger partial charge < -0.3 is 11.1 Å². The number of carbonyl (C=O) groups excluding carboxylic acids is 1. The molecule has 0 saturated carbocycles. The summed E-state index contributed by atoms with van der Waals surface area (Å²) >= 11 is 1.50. The molecule has 1 heterocycles. The summed E-state index contributed by atoms with van der Waals surface area (Å²) in [7, 11) is 0. The zero-order valence-electron chi connectivity index (χ0n) is 11.8. The molecule has 4 heteroatoms. The van der Waals surface area contributed by atoms with Crippen molar-refractivity contribution in [2.45, 2.75) is 32.7 Å². The van der Waals surface area contributed by atoms with Gasteiger partial charge >= 0.3 is 0 Å². The second kappa shape index (κ2) is 6.68. The van der Waals surface area contributed by atoms with Gasteiger partial charge in [-0.05, 0) is 35.4 Å². The Morgan fingerprint density at radius 3 is 2.35 bits per heavy atom. The molecule has 2 aromatic rings. The van der Waals surface area contributed by atoms with Gasteiger partial charge in [0.15, 0.2) is 0 Å². The van der Waals surface area contributed by atoms with Gasteiger partial charge in [0, 0.05) is 10.6 Å². The SMILES string of the molecule is CCc1cccc(CC)c1NC(=O)C(N)c1cccs1. The van der Waals surface area contributed by atoms with Gasteiger partial charge in [0.25, 0.3) is 0 Å². The lowest BCUT2D eigenvalue weighted by atomic mass is 10.0. The normalized spacial score (nSPS) is 12.2. The first kappa shape index (κ1) is 14.8. The lowest BCUT2D eigenvalue weighted by Crippen LogP contribution is -2.27. The average molecular weight is 288 g/mol. The van der Waals surface area contributed by atoms with Gasteiger partial charge in [-0.3, -0.25) is 4.79 Å². The minimum Gasteiger partial charge on any atom is -0.324 e. The quantitative estimate of drug-likeness (QED) is 0.884. The molecule has 1 aromatic heterocycles. The number of anilines is 1. The lowest BCUT2D eigenvalue weighted by Gasteiger charge is -2.16. The molecule has 0 bridgehead atoms. The van der Waals surface area contributed by atoms with Gasteiger partial charge in [0.05, 0.1) is 0 Å². The average Bonchev–Trinajstić information content (AvgIpc) is 3.00. The lowest BCUT2D eigenvalue weighted by molar-refractivity contribution is -0.117. The van der Waals surface area contributed by atoms with E-state index >= 15 is 0 Å². The summed E-state index contributed by atoms with van der Waals surface area (Å²) in [5, 5.41) is 4.94. The van der Waals surface area contributed by atoms with Crippen molar-refractivity contribution in [3.8, 4) is 0 Å². The van der Waals surface area contributed by atoms with Crippen LogP contribution >= 0.6 is 11.3 Å². The Labute approximate surface area is 123 Å². The highest BCUT2D eigenvalue weighted by Gasteiger charge is 2.18. The number of carbonyl (C=O) groups is 1. The predicted octanol–water partition coefficient (Wildman–Crippen LogP) is 3.51. The largest absolute Gasteiger partial charge is 0.324 e. The molecule has 1 aromatic carbocycles. The van der Waals surface area contributed by atoms with Gasteiger partial charge in [-0.1, -0.05) is 38.1 Å². The summed E-state index contributed by atoms with van der Waals surface area (Å²) in [6.45, 7) is 4.17. The number of amides is 1. The number of nitrogens with two attached hydrogens (primary N) is 1. The third-order valence-corrected chi connectivity index (χ3v) is 4.33. The first-order chi connectivity index (χ1) is 9.67. The number of thiophene rings is 1. The van der Waals surface area contributed by atoms with Crippen molar-refractivity contribution >= 4 is 22.9 Å². The molecule has 0 saturated heterocycles. The summed E-state index contributed by atoms with van der Waals surface area (Å²) in [4.78, 5) is 13.2. The first-order valence-corrected chi connectivity index (χ1v) is 7.75. The van der Waals surface area contributed by atoms with Crippen LogP contribution in [-0.2, 0) is 17.6 Å². The van der Waals surface area contributed by atoms with E-state index in [2.05, 4.69) is 19.2 Å². The van der Waals surface area contributed by atoms with Crippen LogP contribution in [0.1, 0.15) is 35.9 Å². The van der Waals surface area contributed by atoms with Gasteiger partial charge in [0.1, 0.15) is 6.04 Å². The van der Waals surface area contributed by atoms with Gasteiger partial charge in [-0.2, -0.15) is 0 Å². The Kier molecular flexibility index (Phi) is 4.93. The molecule has 2 rings (SSSR count). The third-order valence-electron chi connectivity index (χ3n) is 3.38. The van der Waals surface area contributed by atoms with Crippen LogP contribution in [0.4, 0.5) is 5.69 Å². The Bertz CT molecular complexity index is 556. The summed E-state index contributed by atoms with van der Waals surface area (Å²) < 4.78 is 0. The van der Waals surface area contributed by atoms with Crippen molar-refractivity contribution in [2.75, 3.05) is 5.32 Å². The van der Waals surface area contributed by atoms with Gasteiger partial charge in [0.2, 0.25) is 5.91 Å². The molecule has 0 fully saturated rings. The van der Waals surface area contributed by atoms with Crippen LogP contribution in [0, 0.1) is 0 Å². The minimum absolute atomic E-state index is 0.150. The topological polar surface area (TPSA) is 55.1 Å². The van der Waals surface area contributed by atoms with Crippen molar-refractivity contribution in [3.63, 3.8) is 0 Å². The highest BCUT2D eigenvalue weighted by atomic mass is 32.1. The molecule has 106 valence electrons. The van der Waals surface area contributed by atoms with Crippen LogP contribution in [0.15, 0.2) is 35.7 Å². The van der Waals surface area contributed by atoms with E-state index in [-0.39, 0.29) is 5.91 Å². The molecular weight excluding hydrogens is 268 g/mol. The Morgan fingerprint density at radius 2 is 1.85 bits per heavy atom. The Hall–Kier alpha value is -1.65. The summed E-state index contributed by atoms with van der Waals surface area (Å²) in [6, 6.07) is 9.32. The van der Waals surface area contributed by atoms with Gasteiger partial charge in [-0.15, -0.1) is 11.3 Å². The van der Waals surface area contributed by atoms with E-state index in [1.807, 2.05) is 35.7 Å². The highest BCUT2D eigenvalue weighted by molar-refractivity contribution is 7.10. The summed E-state index contributed by atoms with van der Waals surface area (Å²) in [5.74, 6) is -0.150. The molecule has 1 unspecified atom stereocenters. The molecule has 3 N–H and O–H groups in total. The number of benzene rings is 1. The fourth-order valence-electron chi connectivity index (χ4n) is 2.20. The van der Waals surface area contributed by atoms with Crippen molar-refractivity contribution in [2.24, 2.45) is 5.73 Å². The smallest absolute Gasteiger partial charge is 0.246 e. The number of hydrogen-bond acceptors (Lipinski definition) is 3. The molecule has 0 radical (unpaired) electrons. The van der Waals surface area contributed by atoms with Crippen LogP contribution in [-0.4, -0.2) is 5.91 Å². The Morgan fingerprint density at radius 1 is 1.20 bits per heavy atom. The van der Waals surface area contributed by atoms with E-state index in [1.165, 1.54) is 11.3 Å². The van der Waals surface area contributed by atoms with Crippen LogP contribution in [0.2, 0.25) is 0 Å². The van der Waals surface area contributed by atoms with Crippen molar-refractivity contribution in [1.82, 2.24) is 0 Å². The van der Waals surface area contributed by atoms with E-state index in [9.17, 15) is 4.79 Å². The van der Waals surface area contributed by atoms with Crippen LogP contribution in [0.25, 0.3) is 0 Å². The molecule has 1 amide bonds. The number of nitrogens with one attached hydrogen (secondary N) is 1. The van der Waals surface area contributed by atoms with Crippen molar-refractivity contribution < 1.29 is 4.79 Å². The second-order valence-corrected chi connectivity index (χ2v) is 5.62. The minimum atomic E-state index is -0.607. The number of aryl methyl sites for hydroxylation is 2. The van der Waals surface area contributed by atoms with E-state index in [1.54, 1.807) is 0 Å². The van der Waals surface area contributed by atoms with E-state index in [4.69, 9.17) is 5.73 Å². The second-order valence-electron chi connectivity index (χ2n) is 4.64. The molecule has 0 aliphatic heterocycles. The van der Waals surface area contributed by atoms with E-state index in [0.29, 0.717) is 0 Å². The zero-order chi connectivity index (χ0) is 14.5. The predicted molar refractivity (Wildman–Crippen MR) is 85.1 cm³/mol. The monoisotopic (exact) mass is 288 g/mol. The van der Waals surface area contributed by atoms with Crippen LogP contribution < -0.4 is 11.1 Å². The maximum atomic E-state index is 12.3. The molecule has 0 aliphatic carbocycles. The Balaban J connectivity index is 2.23. The molecule has 0 spiro atoms. The first-order valence-electron chi connectivity index (χ1n) is 6.88. The van der Waals surface area contributed by atoms with Gasteiger partial charge in [-0.25, -0.2) is 0 Å². The summed E-state index contributed by atoms with van der Waals surface area (Å²) in [6.07, 6.45) is 1.77. The van der Waals surface area contributed by atoms with Crippen LogP contribution in [0.5, 0.6) is 0 Å². The highest BCUT2D eigenvalue weighted by Crippen LogP contribution is 2.25. The third kappa shape index (κ3) is 3.08. The fourth-order valence-corrected chi connectivity index (χ4v) is 2.93. The molecular formula is C16H20N2OS. The number of hydrogen-bond donors (Lipinski definition) is 2. The standard InChI is InChI=1S/C16H20N2OS/c1-3-11-7-5-8-12(4-2)15(11)18-16(19)14(17)13-9-6-10-20-13/h5-10,14H,3-4,17H2,1-2H3,(H,18,19). The molecule has 20 heavy (non-hydrogen) atoms. The number of para-hydroxylation sites is 1. The van der Waals surface area contributed by atoms with Crippen molar-refractivity contribution in [3.05, 3.63) is 51.7 Å². The molecule has 0 aliphatic rings. The van der Waals surface area contributed by atoms with Crippen molar-refractivity contribution in [1.29, 1.82) is 0 Å². The maximum Gasteiger partial charge on any atom is 0.246 e. The zero-order valence-corrected chi connectivity index (χ0v) is 12.7. The summed E-state index contributed by atoms with van der Waals surface area (Å²) in [5.41, 5.74) is 9.24.